The average Bonchev–Trinajstić information content (AvgIpc) is 2.99. The van der Waals surface area contributed by atoms with E-state index in [4.69, 9.17) is 9.26 Å². The summed E-state index contributed by atoms with van der Waals surface area (Å²) in [4.78, 5) is 21.5. The lowest BCUT2D eigenvalue weighted by atomic mass is 9.85. The minimum Gasteiger partial charge on any atom is -0.384 e. The number of methoxy groups -OCH3 is 1. The third-order valence-electron chi connectivity index (χ3n) is 5.19. The molecule has 8 heteroatoms. The maximum absolute atomic E-state index is 12.5. The Morgan fingerprint density at radius 1 is 1.33 bits per heavy atom. The summed E-state index contributed by atoms with van der Waals surface area (Å²) >= 11 is 0. The van der Waals surface area contributed by atoms with Gasteiger partial charge in [-0.05, 0) is 26.3 Å². The van der Waals surface area contributed by atoms with Crippen LogP contribution in [0.5, 0.6) is 0 Å². The smallest absolute Gasteiger partial charge is 0.240 e. The molecule has 0 unspecified atom stereocenters. The molecule has 3 heterocycles. The molecular formula is C16H27N5O3. The number of carbonyl (C=O) groups excluding carboxylic acids is 1. The van der Waals surface area contributed by atoms with E-state index in [1.54, 1.807) is 7.11 Å². The summed E-state index contributed by atoms with van der Waals surface area (Å²) in [5.41, 5.74) is -0.356. The van der Waals surface area contributed by atoms with E-state index < -0.39 is 0 Å². The number of piperidine rings is 1. The average molecular weight is 337 g/mol. The number of carbonyl (C=O) groups is 1. The molecule has 3 rings (SSSR count). The Balaban J connectivity index is 1.56. The van der Waals surface area contributed by atoms with Crippen molar-refractivity contribution in [2.75, 3.05) is 46.9 Å². The molecule has 1 aromatic heterocycles. The third kappa shape index (κ3) is 3.60. The molecule has 0 aromatic carbocycles. The van der Waals surface area contributed by atoms with E-state index in [-0.39, 0.29) is 11.4 Å². The molecule has 24 heavy (non-hydrogen) atoms. The predicted octanol–water partition coefficient (Wildman–Crippen LogP) is 0.0448. The number of aromatic nitrogens is 2. The van der Waals surface area contributed by atoms with Crippen molar-refractivity contribution in [1.82, 2.24) is 25.3 Å². The minimum atomic E-state index is -0.356. The van der Waals surface area contributed by atoms with Gasteiger partial charge in [-0.15, -0.1) is 0 Å². The Hall–Kier alpha value is -1.51. The van der Waals surface area contributed by atoms with E-state index >= 15 is 0 Å². The first-order valence-electron chi connectivity index (χ1n) is 8.66. The molecule has 0 aliphatic carbocycles. The van der Waals surface area contributed by atoms with Gasteiger partial charge < -0.3 is 14.6 Å². The molecule has 0 bridgehead atoms. The number of nitrogens with zero attached hydrogens (tertiary/aromatic N) is 4. The monoisotopic (exact) mass is 337 g/mol. The van der Waals surface area contributed by atoms with Gasteiger partial charge in [-0.25, -0.2) is 0 Å². The van der Waals surface area contributed by atoms with Crippen LogP contribution in [0.1, 0.15) is 31.0 Å². The zero-order chi connectivity index (χ0) is 17.0. The molecule has 2 aliphatic rings. The van der Waals surface area contributed by atoms with E-state index in [9.17, 15) is 4.79 Å². The van der Waals surface area contributed by atoms with E-state index in [1.165, 1.54) is 0 Å². The maximum atomic E-state index is 12.5. The Morgan fingerprint density at radius 2 is 2.12 bits per heavy atom. The van der Waals surface area contributed by atoms with Crippen molar-refractivity contribution in [2.45, 2.75) is 37.8 Å². The Labute approximate surface area is 142 Å². The number of amides is 1. The lowest BCUT2D eigenvalue weighted by Gasteiger charge is -2.44. The number of nitrogens with one attached hydrogen (secondary N) is 1. The first kappa shape index (κ1) is 17.3. The van der Waals surface area contributed by atoms with Crippen molar-refractivity contribution in [3.8, 4) is 0 Å². The number of likely N-dealkylation sites (tertiary alicyclic amines) is 1. The van der Waals surface area contributed by atoms with Crippen molar-refractivity contribution in [1.29, 1.82) is 0 Å². The molecule has 1 aromatic rings. The molecule has 0 atom stereocenters. The van der Waals surface area contributed by atoms with Crippen LogP contribution in [0, 0.1) is 0 Å². The maximum Gasteiger partial charge on any atom is 0.240 e. The van der Waals surface area contributed by atoms with Gasteiger partial charge in [0.2, 0.25) is 11.8 Å². The van der Waals surface area contributed by atoms with E-state index in [2.05, 4.69) is 32.3 Å². The zero-order valence-electron chi connectivity index (χ0n) is 14.6. The number of hydrogen-bond donors (Lipinski definition) is 1. The first-order chi connectivity index (χ1) is 11.6. The molecular weight excluding hydrogens is 310 g/mol. The van der Waals surface area contributed by atoms with Gasteiger partial charge in [-0.1, -0.05) is 5.16 Å². The first-order valence-corrected chi connectivity index (χ1v) is 8.66. The van der Waals surface area contributed by atoms with Crippen molar-refractivity contribution in [3.63, 3.8) is 0 Å². The fraction of sp³-hybridized carbons (Fsp3) is 0.812. The highest BCUT2D eigenvalue weighted by molar-refractivity contribution is 5.86. The summed E-state index contributed by atoms with van der Waals surface area (Å²) in [6.07, 6.45) is 3.34. The fourth-order valence-electron chi connectivity index (χ4n) is 3.60. The quantitative estimate of drug-likeness (QED) is 0.812. The highest BCUT2D eigenvalue weighted by atomic mass is 16.5. The lowest BCUT2D eigenvalue weighted by molar-refractivity contribution is -0.134. The third-order valence-corrected chi connectivity index (χ3v) is 5.19. The summed E-state index contributed by atoms with van der Waals surface area (Å²) in [6, 6.07) is 0. The van der Waals surface area contributed by atoms with Gasteiger partial charge in [-0.2, -0.15) is 4.98 Å². The van der Waals surface area contributed by atoms with Crippen LogP contribution in [0.25, 0.3) is 0 Å². The van der Waals surface area contributed by atoms with Crippen molar-refractivity contribution >= 4 is 5.91 Å². The second-order valence-electron chi connectivity index (χ2n) is 6.69. The fourth-order valence-corrected chi connectivity index (χ4v) is 3.60. The van der Waals surface area contributed by atoms with Crippen molar-refractivity contribution < 1.29 is 14.1 Å². The van der Waals surface area contributed by atoms with Crippen LogP contribution in [0.4, 0.5) is 0 Å². The van der Waals surface area contributed by atoms with Gasteiger partial charge >= 0.3 is 0 Å². The van der Waals surface area contributed by atoms with Gasteiger partial charge in [0.15, 0.2) is 5.82 Å². The Kier molecular flexibility index (Phi) is 5.47. The van der Waals surface area contributed by atoms with Crippen molar-refractivity contribution in [2.24, 2.45) is 0 Å². The second-order valence-corrected chi connectivity index (χ2v) is 6.69. The largest absolute Gasteiger partial charge is 0.384 e. The molecule has 2 saturated heterocycles. The lowest BCUT2D eigenvalue weighted by Crippen LogP contribution is -2.60. The summed E-state index contributed by atoms with van der Waals surface area (Å²) in [7, 11) is 3.73. The molecule has 1 amide bonds. The molecule has 134 valence electrons. The van der Waals surface area contributed by atoms with Gasteiger partial charge in [-0.3, -0.25) is 14.6 Å². The van der Waals surface area contributed by atoms with E-state index in [0.29, 0.717) is 31.3 Å². The van der Waals surface area contributed by atoms with Crippen molar-refractivity contribution in [3.05, 3.63) is 11.7 Å². The van der Waals surface area contributed by atoms with Gasteiger partial charge in [0, 0.05) is 39.7 Å². The van der Waals surface area contributed by atoms with Crippen LogP contribution in [0.2, 0.25) is 0 Å². The summed E-state index contributed by atoms with van der Waals surface area (Å²) in [5.74, 6) is 1.50. The highest BCUT2D eigenvalue weighted by Gasteiger charge is 2.45. The molecule has 8 nitrogen and oxygen atoms in total. The number of likely N-dealkylation sites (N-methyl/N-ethyl adjacent to an activating group) is 1. The van der Waals surface area contributed by atoms with Crippen LogP contribution in [0.15, 0.2) is 4.52 Å². The SMILES string of the molecule is COCCc1noc(CN2CCC3(CC2)C(=O)NCCCN3C)n1. The molecule has 0 saturated carbocycles. The Morgan fingerprint density at radius 3 is 2.88 bits per heavy atom. The van der Waals surface area contributed by atoms with Crippen LogP contribution in [-0.4, -0.2) is 78.3 Å². The highest BCUT2D eigenvalue weighted by Crippen LogP contribution is 2.30. The van der Waals surface area contributed by atoms with Gasteiger partial charge in [0.05, 0.1) is 13.2 Å². The molecule has 2 aliphatic heterocycles. The molecule has 0 radical (unpaired) electrons. The molecule has 2 fully saturated rings. The van der Waals surface area contributed by atoms with Crippen LogP contribution >= 0.6 is 0 Å². The number of ether oxygens (including phenoxy) is 1. The summed E-state index contributed by atoms with van der Waals surface area (Å²) in [6.45, 7) is 4.68. The molecule has 1 N–H and O–H groups in total. The number of hydrogen-bond acceptors (Lipinski definition) is 7. The van der Waals surface area contributed by atoms with Crippen LogP contribution in [-0.2, 0) is 22.5 Å². The van der Waals surface area contributed by atoms with Crippen LogP contribution in [0.3, 0.4) is 0 Å². The Bertz CT molecular complexity index is 554. The standard InChI is InChI=1S/C16H27N5O3/c1-20-8-3-7-17-15(22)16(20)5-9-21(10-6-16)12-14-18-13(19-24-14)4-11-23-2/h3-12H2,1-2H3,(H,17,22). The van der Waals surface area contributed by atoms with Gasteiger partial charge in [0.25, 0.3) is 0 Å². The van der Waals surface area contributed by atoms with E-state index in [0.717, 1.165) is 45.4 Å². The van der Waals surface area contributed by atoms with E-state index in [1.807, 2.05) is 0 Å². The predicted molar refractivity (Wildman–Crippen MR) is 87.4 cm³/mol. The minimum absolute atomic E-state index is 0.182. The zero-order valence-corrected chi connectivity index (χ0v) is 14.6. The number of rotatable bonds is 5. The van der Waals surface area contributed by atoms with Crippen LogP contribution < -0.4 is 5.32 Å². The second kappa shape index (κ2) is 7.58. The summed E-state index contributed by atoms with van der Waals surface area (Å²) in [5, 5.41) is 7.04. The summed E-state index contributed by atoms with van der Waals surface area (Å²) < 4.78 is 10.3. The normalized spacial score (nSPS) is 22.5. The molecule has 1 spiro atoms. The van der Waals surface area contributed by atoms with Gasteiger partial charge in [0.1, 0.15) is 5.54 Å². The topological polar surface area (TPSA) is 83.7 Å².